The summed E-state index contributed by atoms with van der Waals surface area (Å²) in [6, 6.07) is 77.9. The lowest BCUT2D eigenvalue weighted by molar-refractivity contribution is 0.00578. The quantitative estimate of drug-likeness (QED) is 0.121. The zero-order valence-electron chi connectivity index (χ0n) is 57.2. The van der Waals surface area contributed by atoms with Crippen molar-refractivity contribution in [3.63, 3.8) is 0 Å². The molecule has 1 aliphatic heterocycles. The molecule has 3 aliphatic rings. The van der Waals surface area contributed by atoms with Crippen LogP contribution in [-0.2, 0) is 31.0 Å². The largest absolute Gasteiger partial charge is 0.494 e. The van der Waals surface area contributed by atoms with Gasteiger partial charge in [0.25, 0.3) is 0 Å². The fraction of sp³-hybridized carbons (Fsp3) is 0.276. The average molecular weight is 1220 g/mol. The molecule has 1 saturated heterocycles. The number of aromatic nitrogens is 3. The van der Waals surface area contributed by atoms with Crippen molar-refractivity contribution in [2.45, 2.75) is 144 Å². The van der Waals surface area contributed by atoms with Crippen LogP contribution in [0.2, 0.25) is 0 Å². The van der Waals surface area contributed by atoms with Gasteiger partial charge in [-0.3, -0.25) is 15.0 Å². The Morgan fingerprint density at radius 1 is 0.247 bits per heavy atom. The normalized spacial score (nSPS) is 18.0. The third kappa shape index (κ3) is 9.83. The second-order valence-electron chi connectivity index (χ2n) is 30.8. The van der Waals surface area contributed by atoms with Crippen LogP contribution in [-0.4, -0.2) is 33.3 Å². The van der Waals surface area contributed by atoms with Crippen molar-refractivity contribution >= 4 is 12.6 Å². The van der Waals surface area contributed by atoms with E-state index in [0.29, 0.717) is 0 Å². The van der Waals surface area contributed by atoms with Crippen LogP contribution in [0.3, 0.4) is 0 Å². The van der Waals surface area contributed by atoms with Crippen LogP contribution >= 0.6 is 0 Å². The fourth-order valence-electron chi connectivity index (χ4n) is 15.4. The molecule has 0 N–H and O–H groups in total. The fourth-order valence-corrected chi connectivity index (χ4v) is 15.4. The molecule has 4 heterocycles. The van der Waals surface area contributed by atoms with Crippen molar-refractivity contribution in [1.29, 1.82) is 0 Å². The highest BCUT2D eigenvalue weighted by Gasteiger charge is 2.58. The van der Waals surface area contributed by atoms with Crippen LogP contribution in [0, 0.1) is 10.8 Å². The monoisotopic (exact) mass is 1220 g/mol. The van der Waals surface area contributed by atoms with Crippen LogP contribution in [0.1, 0.15) is 133 Å². The maximum absolute atomic E-state index is 6.54. The third-order valence-electron chi connectivity index (χ3n) is 24.4. The predicted octanol–water partition coefficient (Wildman–Crippen LogP) is 22.0. The SMILES string of the molecule is CC1(C)OB(c2cccc(-c3cc(-c4ccccc4)c(-c4ccccc4-c4cc(-c5ccccc5-c5ccc(-c6ccc7c(c6)C(C)(C)C(C)(C)C7(C)C)nc5)cc(-c5ccccc5-c5ccc(-c6ccc7c(c6)C(C)(C)C(C)(C)C7(C)C)nc5)c4)cn3)c2)OC1(C)C. The number of nitrogens with zero attached hydrogens (tertiary/aromatic N) is 3. The average Bonchev–Trinajstić information content (AvgIpc) is 1.55. The molecule has 11 aromatic rings. The summed E-state index contributed by atoms with van der Waals surface area (Å²) >= 11 is 0. The molecule has 14 rings (SSSR count). The molecule has 0 amide bonds. The standard InChI is InChI=1S/C87H86BN3O2/c1-80(2)73-41-37-57(49-75(73)82(5,6)84(80,9)10)77-43-39-59(52-89-77)65-31-20-22-33-67(65)61-45-62(68-34-23-21-32-66(68)60-40-44-78(90-53-60)58-38-42-74-76(50-58)83(7,8)85(11,12)81(74,3)4)47-63(46-61)69-35-24-25-36-70(69)72-54-91-79(51-71(72)55-27-18-17-19-28-55)56-29-26-30-64(48-56)88-92-86(13,14)87(15,16)93-88/h17-54H,1-16H3. The Kier molecular flexibility index (Phi) is 14.5. The highest BCUT2D eigenvalue weighted by Crippen LogP contribution is 2.63. The van der Waals surface area contributed by atoms with Gasteiger partial charge in [0.05, 0.1) is 28.3 Å². The smallest absolute Gasteiger partial charge is 0.399 e. The minimum atomic E-state index is -0.493. The van der Waals surface area contributed by atoms with Crippen LogP contribution in [0.4, 0.5) is 0 Å². The summed E-state index contributed by atoms with van der Waals surface area (Å²) in [5.41, 5.74) is 27.2. The summed E-state index contributed by atoms with van der Waals surface area (Å²) in [5.74, 6) is 0. The zero-order valence-corrected chi connectivity index (χ0v) is 57.2. The van der Waals surface area contributed by atoms with Gasteiger partial charge in [0, 0.05) is 46.4 Å². The number of hydrogen-bond acceptors (Lipinski definition) is 5. The van der Waals surface area contributed by atoms with Crippen molar-refractivity contribution in [3.05, 3.63) is 253 Å². The maximum atomic E-state index is 6.54. The van der Waals surface area contributed by atoms with Crippen molar-refractivity contribution < 1.29 is 9.31 Å². The van der Waals surface area contributed by atoms with Crippen LogP contribution in [0.15, 0.2) is 231 Å². The molecule has 0 spiro atoms. The molecule has 6 heteroatoms. The molecule has 1 fully saturated rings. The van der Waals surface area contributed by atoms with Gasteiger partial charge in [-0.2, -0.15) is 0 Å². The van der Waals surface area contributed by atoms with Gasteiger partial charge in [-0.25, -0.2) is 0 Å². The maximum Gasteiger partial charge on any atom is 0.494 e. The summed E-state index contributed by atoms with van der Waals surface area (Å²) < 4.78 is 13.1. The Bertz CT molecular complexity index is 4530. The van der Waals surface area contributed by atoms with E-state index in [1.165, 1.54) is 22.3 Å². The number of rotatable bonds is 11. The van der Waals surface area contributed by atoms with Gasteiger partial charge in [-0.15, -0.1) is 0 Å². The summed E-state index contributed by atoms with van der Waals surface area (Å²) in [5, 5.41) is 0. The minimum absolute atomic E-state index is 0.0108. The molecule has 0 unspecified atom stereocenters. The molecule has 5 nitrogen and oxygen atoms in total. The molecule has 2 aliphatic carbocycles. The van der Waals surface area contributed by atoms with Gasteiger partial charge in [-0.05, 0) is 203 Å². The number of benzene rings is 8. The van der Waals surface area contributed by atoms with E-state index >= 15 is 0 Å². The van der Waals surface area contributed by atoms with Crippen LogP contribution < -0.4 is 5.46 Å². The lowest BCUT2D eigenvalue weighted by atomic mass is 9.59. The second-order valence-corrected chi connectivity index (χ2v) is 30.8. The molecule has 0 bridgehead atoms. The Hall–Kier alpha value is -8.81. The predicted molar refractivity (Wildman–Crippen MR) is 390 cm³/mol. The molecule has 8 aromatic carbocycles. The summed E-state index contributed by atoms with van der Waals surface area (Å²) in [4.78, 5) is 15.8. The Morgan fingerprint density at radius 3 is 1.05 bits per heavy atom. The van der Waals surface area contributed by atoms with Gasteiger partial charge in [0.2, 0.25) is 0 Å². The van der Waals surface area contributed by atoms with Crippen molar-refractivity contribution in [2.75, 3.05) is 0 Å². The highest BCUT2D eigenvalue weighted by molar-refractivity contribution is 6.62. The van der Waals surface area contributed by atoms with E-state index in [9.17, 15) is 0 Å². The number of hydrogen-bond donors (Lipinski definition) is 0. The van der Waals surface area contributed by atoms with E-state index in [1.807, 2.05) is 0 Å². The first-order valence-corrected chi connectivity index (χ1v) is 33.3. The van der Waals surface area contributed by atoms with E-state index in [0.717, 1.165) is 117 Å². The topological polar surface area (TPSA) is 57.1 Å². The van der Waals surface area contributed by atoms with E-state index < -0.39 is 18.3 Å². The van der Waals surface area contributed by atoms with Gasteiger partial charge in [0.1, 0.15) is 0 Å². The lowest BCUT2D eigenvalue weighted by Crippen LogP contribution is -2.42. The van der Waals surface area contributed by atoms with Crippen molar-refractivity contribution in [2.24, 2.45) is 10.8 Å². The first kappa shape index (κ1) is 61.7. The summed E-state index contributed by atoms with van der Waals surface area (Å²) in [6.45, 7) is 37.3. The molecule has 0 radical (unpaired) electrons. The van der Waals surface area contributed by atoms with Gasteiger partial charge >= 0.3 is 7.12 Å². The minimum Gasteiger partial charge on any atom is -0.399 e. The number of pyridine rings is 3. The molecular weight excluding hydrogens is 1130 g/mol. The molecule has 0 saturated carbocycles. The van der Waals surface area contributed by atoms with Crippen molar-refractivity contribution in [1.82, 2.24) is 15.0 Å². The van der Waals surface area contributed by atoms with Crippen LogP contribution in [0.5, 0.6) is 0 Å². The Balaban J connectivity index is 0.893. The van der Waals surface area contributed by atoms with Gasteiger partial charge in [-0.1, -0.05) is 247 Å². The van der Waals surface area contributed by atoms with E-state index in [1.54, 1.807) is 0 Å². The third-order valence-corrected chi connectivity index (χ3v) is 24.4. The Labute approximate surface area is 553 Å². The van der Waals surface area contributed by atoms with Gasteiger partial charge in [0.15, 0.2) is 0 Å². The molecule has 3 aromatic heterocycles. The first-order chi connectivity index (χ1) is 44.1. The van der Waals surface area contributed by atoms with Gasteiger partial charge < -0.3 is 9.31 Å². The first-order valence-electron chi connectivity index (χ1n) is 33.3. The van der Waals surface area contributed by atoms with Crippen molar-refractivity contribution in [3.8, 4) is 112 Å². The van der Waals surface area contributed by atoms with E-state index in [2.05, 4.69) is 342 Å². The highest BCUT2D eigenvalue weighted by atomic mass is 16.7. The summed E-state index contributed by atoms with van der Waals surface area (Å²) in [7, 11) is -0.493. The number of fused-ring (bicyclic) bond motifs is 2. The lowest BCUT2D eigenvalue weighted by Gasteiger charge is -2.44. The summed E-state index contributed by atoms with van der Waals surface area (Å²) in [6.07, 6.45) is 6.19. The Morgan fingerprint density at radius 2 is 0.613 bits per heavy atom. The molecule has 0 atom stereocenters. The zero-order chi connectivity index (χ0) is 65.4. The molecule has 93 heavy (non-hydrogen) atoms. The van der Waals surface area contributed by atoms with Crippen LogP contribution in [0.25, 0.3) is 112 Å². The van der Waals surface area contributed by atoms with E-state index in [4.69, 9.17) is 24.3 Å². The molecular formula is C87H86BN3O2. The molecule has 464 valence electrons. The van der Waals surface area contributed by atoms with E-state index in [-0.39, 0.29) is 32.5 Å². The second kappa shape index (κ2) is 21.9.